The van der Waals surface area contributed by atoms with Crippen LogP contribution in [-0.2, 0) is 6.18 Å². The minimum absolute atomic E-state index is 0.115. The molecule has 0 saturated heterocycles. The Bertz CT molecular complexity index is 496. The number of nitrogens with zero attached hydrogens (tertiary/aromatic N) is 1. The van der Waals surface area contributed by atoms with Crippen LogP contribution < -0.4 is 10.9 Å². The maximum atomic E-state index is 12.5. The molecule has 1 aromatic carbocycles. The Balaban J connectivity index is 2.17. The van der Waals surface area contributed by atoms with E-state index >= 15 is 0 Å². The second-order valence-electron chi connectivity index (χ2n) is 3.60. The van der Waals surface area contributed by atoms with Gasteiger partial charge in [-0.3, -0.25) is 15.8 Å². The lowest BCUT2D eigenvalue weighted by Crippen LogP contribution is -2.26. The summed E-state index contributed by atoms with van der Waals surface area (Å²) in [5, 5.41) is 0.416. The fraction of sp³-hybridized carbons (Fsp3) is 0.300. The quantitative estimate of drug-likeness (QED) is 0.804. The Morgan fingerprint density at radius 3 is 2.26 bits per heavy atom. The summed E-state index contributed by atoms with van der Waals surface area (Å²) in [6.45, 7) is 0.698. The zero-order chi connectivity index (χ0) is 14.0. The van der Waals surface area contributed by atoms with Crippen molar-refractivity contribution in [3.8, 4) is 0 Å². The number of hydrazine groups is 1. The number of benzene rings is 1. The molecule has 0 amide bonds. The van der Waals surface area contributed by atoms with Gasteiger partial charge in [-0.25, -0.2) is 0 Å². The largest absolute Gasteiger partial charge is 0.416 e. The van der Waals surface area contributed by atoms with Crippen LogP contribution in [0.1, 0.15) is 5.56 Å². The van der Waals surface area contributed by atoms with E-state index in [1.165, 1.54) is 11.8 Å². The van der Waals surface area contributed by atoms with E-state index in [-0.39, 0.29) is 15.7 Å². The monoisotopic (exact) mass is 329 g/mol. The van der Waals surface area contributed by atoms with E-state index in [2.05, 4.69) is 15.8 Å². The molecule has 1 aliphatic heterocycles. The lowest BCUT2D eigenvalue weighted by Gasteiger charge is -2.14. The third-order valence-corrected chi connectivity index (χ3v) is 3.74. The zero-order valence-corrected chi connectivity index (χ0v) is 11.6. The van der Waals surface area contributed by atoms with E-state index in [0.29, 0.717) is 11.7 Å². The summed E-state index contributed by atoms with van der Waals surface area (Å²) in [5.41, 5.74) is 4.72. The van der Waals surface area contributed by atoms with E-state index in [9.17, 15) is 13.2 Å². The smallest absolute Gasteiger partial charge is 0.296 e. The summed E-state index contributed by atoms with van der Waals surface area (Å²) in [5.74, 6) is 0.860. The second kappa shape index (κ2) is 5.68. The van der Waals surface area contributed by atoms with Gasteiger partial charge in [0.05, 0.1) is 27.8 Å². The molecule has 0 fully saturated rings. The van der Waals surface area contributed by atoms with Crippen molar-refractivity contribution in [3.05, 3.63) is 27.7 Å². The summed E-state index contributed by atoms with van der Waals surface area (Å²) >= 11 is 13.1. The number of halogens is 5. The molecule has 0 aromatic heterocycles. The van der Waals surface area contributed by atoms with Crippen molar-refractivity contribution in [3.63, 3.8) is 0 Å². The Morgan fingerprint density at radius 2 is 1.79 bits per heavy atom. The lowest BCUT2D eigenvalue weighted by molar-refractivity contribution is -0.137. The Hall–Kier alpha value is -0.790. The molecule has 0 aliphatic carbocycles. The van der Waals surface area contributed by atoms with Crippen LogP contribution in [0, 0.1) is 0 Å². The molecule has 104 valence electrons. The lowest BCUT2D eigenvalue weighted by atomic mass is 10.2. The number of rotatable bonds is 2. The van der Waals surface area contributed by atoms with Crippen molar-refractivity contribution in [2.75, 3.05) is 17.7 Å². The molecule has 9 heteroatoms. The van der Waals surface area contributed by atoms with Crippen molar-refractivity contribution in [2.24, 2.45) is 4.99 Å². The standard InChI is InChI=1S/C10H8Cl2F3N3S/c11-6-3-5(10(13,14)15)4-7(12)8(6)17-18-9-16-1-2-19-9/h3-4,17H,1-2H2,(H,16,18). The molecule has 0 bridgehead atoms. The Kier molecular flexibility index (Phi) is 4.37. The summed E-state index contributed by atoms with van der Waals surface area (Å²) in [7, 11) is 0. The molecular formula is C10H8Cl2F3N3S. The minimum atomic E-state index is -4.48. The fourth-order valence-corrected chi connectivity index (χ4v) is 2.65. The molecule has 19 heavy (non-hydrogen) atoms. The van der Waals surface area contributed by atoms with Gasteiger partial charge in [0, 0.05) is 5.75 Å². The third kappa shape index (κ3) is 3.61. The first kappa shape index (κ1) is 14.6. The highest BCUT2D eigenvalue weighted by atomic mass is 35.5. The summed E-state index contributed by atoms with van der Waals surface area (Å²) in [4.78, 5) is 4.11. The van der Waals surface area contributed by atoms with Gasteiger partial charge >= 0.3 is 6.18 Å². The molecule has 0 spiro atoms. The Morgan fingerprint density at radius 1 is 1.16 bits per heavy atom. The predicted molar refractivity (Wildman–Crippen MR) is 73.0 cm³/mol. The number of aliphatic imine (C=N–C) groups is 1. The van der Waals surface area contributed by atoms with Gasteiger partial charge in [-0.2, -0.15) is 13.2 Å². The van der Waals surface area contributed by atoms with Gasteiger partial charge in [-0.15, -0.1) is 0 Å². The molecule has 2 N–H and O–H groups in total. The first-order valence-electron chi connectivity index (χ1n) is 5.13. The van der Waals surface area contributed by atoms with Gasteiger partial charge in [0.15, 0.2) is 5.17 Å². The highest BCUT2D eigenvalue weighted by Crippen LogP contribution is 2.38. The van der Waals surface area contributed by atoms with Crippen LogP contribution in [0.15, 0.2) is 17.1 Å². The van der Waals surface area contributed by atoms with E-state index < -0.39 is 11.7 Å². The average molecular weight is 330 g/mol. The van der Waals surface area contributed by atoms with Crippen LogP contribution in [0.4, 0.5) is 18.9 Å². The van der Waals surface area contributed by atoms with Crippen molar-refractivity contribution in [2.45, 2.75) is 6.18 Å². The second-order valence-corrected chi connectivity index (χ2v) is 5.50. The van der Waals surface area contributed by atoms with Crippen molar-refractivity contribution in [1.82, 2.24) is 5.43 Å². The Labute approximate surface area is 121 Å². The normalized spacial score (nSPS) is 15.3. The van der Waals surface area contributed by atoms with Gasteiger partial charge in [0.25, 0.3) is 0 Å². The molecular weight excluding hydrogens is 322 g/mol. The van der Waals surface area contributed by atoms with Crippen LogP contribution >= 0.6 is 35.0 Å². The third-order valence-electron chi connectivity index (χ3n) is 2.25. The summed E-state index contributed by atoms with van der Waals surface area (Å²) in [6, 6.07) is 1.64. The van der Waals surface area contributed by atoms with E-state index in [1.807, 2.05) is 0 Å². The van der Waals surface area contributed by atoms with Gasteiger partial charge in [-0.1, -0.05) is 35.0 Å². The van der Waals surface area contributed by atoms with Gasteiger partial charge < -0.3 is 0 Å². The molecule has 2 rings (SSSR count). The average Bonchev–Trinajstić information content (AvgIpc) is 2.79. The maximum absolute atomic E-state index is 12.5. The number of thioether (sulfide) groups is 1. The van der Waals surface area contributed by atoms with Gasteiger partial charge in [0.1, 0.15) is 0 Å². The first-order chi connectivity index (χ1) is 8.88. The van der Waals surface area contributed by atoms with Gasteiger partial charge in [-0.05, 0) is 12.1 Å². The summed E-state index contributed by atoms with van der Waals surface area (Å²) < 4.78 is 37.6. The van der Waals surface area contributed by atoms with E-state index in [4.69, 9.17) is 23.2 Å². The number of amidine groups is 1. The molecule has 0 radical (unpaired) electrons. The molecule has 1 aromatic rings. The number of alkyl halides is 3. The molecule has 1 aliphatic rings. The van der Waals surface area contributed by atoms with Crippen molar-refractivity contribution in [1.29, 1.82) is 0 Å². The molecule has 1 heterocycles. The predicted octanol–water partition coefficient (Wildman–Crippen LogP) is 4.03. The minimum Gasteiger partial charge on any atom is -0.296 e. The molecule has 0 atom stereocenters. The fourth-order valence-electron chi connectivity index (χ4n) is 1.38. The summed E-state index contributed by atoms with van der Waals surface area (Å²) in [6.07, 6.45) is -4.48. The van der Waals surface area contributed by atoms with Crippen LogP contribution in [0.2, 0.25) is 10.0 Å². The van der Waals surface area contributed by atoms with Gasteiger partial charge in [0.2, 0.25) is 0 Å². The van der Waals surface area contributed by atoms with E-state index in [1.54, 1.807) is 0 Å². The highest BCUT2D eigenvalue weighted by molar-refractivity contribution is 8.14. The zero-order valence-electron chi connectivity index (χ0n) is 9.31. The van der Waals surface area contributed by atoms with Crippen molar-refractivity contribution < 1.29 is 13.2 Å². The van der Waals surface area contributed by atoms with Crippen LogP contribution in [0.5, 0.6) is 0 Å². The number of hydrogen-bond donors (Lipinski definition) is 2. The molecule has 0 unspecified atom stereocenters. The molecule has 0 saturated carbocycles. The topological polar surface area (TPSA) is 36.4 Å². The maximum Gasteiger partial charge on any atom is 0.416 e. The number of hydrogen-bond acceptors (Lipinski definition) is 4. The van der Waals surface area contributed by atoms with Crippen LogP contribution in [0.25, 0.3) is 0 Å². The number of nitrogens with one attached hydrogen (secondary N) is 2. The van der Waals surface area contributed by atoms with Crippen molar-refractivity contribution >= 4 is 45.8 Å². The van der Waals surface area contributed by atoms with Crippen LogP contribution in [-0.4, -0.2) is 17.5 Å². The molecule has 3 nitrogen and oxygen atoms in total. The SMILES string of the molecule is FC(F)(F)c1cc(Cl)c(NNC2=NCCS2)c(Cl)c1. The first-order valence-corrected chi connectivity index (χ1v) is 6.87. The number of anilines is 1. The van der Waals surface area contributed by atoms with E-state index in [0.717, 1.165) is 17.9 Å². The highest BCUT2D eigenvalue weighted by Gasteiger charge is 2.32. The van der Waals surface area contributed by atoms with Crippen LogP contribution in [0.3, 0.4) is 0 Å².